The summed E-state index contributed by atoms with van der Waals surface area (Å²) in [5, 5.41) is 15.8. The predicted octanol–water partition coefficient (Wildman–Crippen LogP) is 3.31. The van der Waals surface area contributed by atoms with Crippen molar-refractivity contribution in [3.8, 4) is 5.75 Å². The summed E-state index contributed by atoms with van der Waals surface area (Å²) in [7, 11) is 0. The van der Waals surface area contributed by atoms with Crippen LogP contribution in [0.25, 0.3) is 10.8 Å². The van der Waals surface area contributed by atoms with Gasteiger partial charge in [0.15, 0.2) is 0 Å². The molecule has 0 atom stereocenters. The summed E-state index contributed by atoms with van der Waals surface area (Å²) in [6.45, 7) is 4.03. The van der Waals surface area contributed by atoms with E-state index in [0.29, 0.717) is 31.9 Å². The number of morpholine rings is 1. The van der Waals surface area contributed by atoms with Crippen LogP contribution in [-0.4, -0.2) is 42.2 Å². The molecular weight excluding hydrogens is 352 g/mol. The van der Waals surface area contributed by atoms with E-state index in [9.17, 15) is 9.90 Å². The van der Waals surface area contributed by atoms with E-state index in [2.05, 4.69) is 10.2 Å². The van der Waals surface area contributed by atoms with E-state index in [1.54, 1.807) is 6.07 Å². The molecule has 4 rings (SSSR count). The fourth-order valence-corrected chi connectivity index (χ4v) is 3.60. The zero-order valence-electron chi connectivity index (χ0n) is 15.7. The number of nitrogens with one attached hydrogen (secondary N) is 1. The zero-order chi connectivity index (χ0) is 19.3. The highest BCUT2D eigenvalue weighted by molar-refractivity contribution is 6.03. The third-order valence-corrected chi connectivity index (χ3v) is 5.15. The van der Waals surface area contributed by atoms with Gasteiger partial charge in [-0.15, -0.1) is 0 Å². The smallest absolute Gasteiger partial charge is 0.255 e. The van der Waals surface area contributed by atoms with Crippen LogP contribution in [0, 0.1) is 0 Å². The van der Waals surface area contributed by atoms with E-state index in [-0.39, 0.29) is 11.7 Å². The lowest BCUT2D eigenvalue weighted by Crippen LogP contribution is -2.35. The second-order valence-corrected chi connectivity index (χ2v) is 7.03. The Morgan fingerprint density at radius 2 is 1.75 bits per heavy atom. The summed E-state index contributed by atoms with van der Waals surface area (Å²) < 4.78 is 5.42. The fraction of sp³-hybridized carbons (Fsp3) is 0.261. The van der Waals surface area contributed by atoms with Crippen LogP contribution in [0.2, 0.25) is 0 Å². The number of rotatable bonds is 5. The predicted molar refractivity (Wildman–Crippen MR) is 109 cm³/mol. The van der Waals surface area contributed by atoms with Crippen LogP contribution < -0.4 is 5.32 Å². The van der Waals surface area contributed by atoms with Crippen LogP contribution in [-0.2, 0) is 17.8 Å². The Hall–Kier alpha value is -2.89. The molecule has 1 fully saturated rings. The van der Waals surface area contributed by atoms with Gasteiger partial charge in [-0.2, -0.15) is 0 Å². The molecule has 0 saturated carbocycles. The lowest BCUT2D eigenvalue weighted by molar-refractivity contribution is 0.0340. The minimum absolute atomic E-state index is 0.0655. The topological polar surface area (TPSA) is 61.8 Å². The van der Waals surface area contributed by atoms with Gasteiger partial charge in [0.05, 0.1) is 18.8 Å². The quantitative estimate of drug-likeness (QED) is 0.717. The summed E-state index contributed by atoms with van der Waals surface area (Å²) in [5.74, 6) is -0.203. The van der Waals surface area contributed by atoms with E-state index in [1.165, 1.54) is 0 Å². The summed E-state index contributed by atoms with van der Waals surface area (Å²) in [6, 6.07) is 19.4. The Balaban J connectivity index is 1.64. The number of hydrogen-bond acceptors (Lipinski definition) is 4. The fourth-order valence-electron chi connectivity index (χ4n) is 3.60. The summed E-state index contributed by atoms with van der Waals surface area (Å²) >= 11 is 0. The number of carbonyl (C=O) groups is 1. The minimum atomic E-state index is -0.268. The maximum atomic E-state index is 12.8. The van der Waals surface area contributed by atoms with Crippen molar-refractivity contribution >= 4 is 16.7 Å². The molecule has 144 valence electrons. The molecule has 0 bridgehead atoms. The van der Waals surface area contributed by atoms with Gasteiger partial charge in [0.1, 0.15) is 5.75 Å². The van der Waals surface area contributed by atoms with E-state index >= 15 is 0 Å². The lowest BCUT2D eigenvalue weighted by Gasteiger charge is -2.27. The van der Waals surface area contributed by atoms with E-state index < -0.39 is 0 Å². The standard InChI is InChI=1S/C23H24N2O3/c26-22-20(23(27)24-15-17-6-2-1-3-7-17)14-18-8-4-5-9-19(18)21(22)16-25-10-12-28-13-11-25/h1-9,14,26H,10-13,15-16H2,(H,24,27). The molecular formula is C23H24N2O3. The molecule has 1 saturated heterocycles. The molecule has 5 nitrogen and oxygen atoms in total. The molecule has 1 aliphatic rings. The van der Waals surface area contributed by atoms with Crippen molar-refractivity contribution in [2.45, 2.75) is 13.1 Å². The van der Waals surface area contributed by atoms with Gasteiger partial charge in [-0.1, -0.05) is 54.6 Å². The number of amides is 1. The van der Waals surface area contributed by atoms with Gasteiger partial charge in [-0.05, 0) is 22.4 Å². The normalized spacial score (nSPS) is 14.9. The van der Waals surface area contributed by atoms with Gasteiger partial charge in [0, 0.05) is 31.7 Å². The lowest BCUT2D eigenvalue weighted by atomic mass is 9.98. The molecule has 1 aliphatic heterocycles. The number of phenols is 1. The van der Waals surface area contributed by atoms with Crippen LogP contribution in [0.4, 0.5) is 0 Å². The average Bonchev–Trinajstić information content (AvgIpc) is 2.75. The minimum Gasteiger partial charge on any atom is -0.507 e. The van der Waals surface area contributed by atoms with Gasteiger partial charge in [-0.3, -0.25) is 9.69 Å². The Labute approximate surface area is 164 Å². The number of benzene rings is 3. The summed E-state index contributed by atoms with van der Waals surface area (Å²) in [4.78, 5) is 15.1. The average molecular weight is 376 g/mol. The molecule has 5 heteroatoms. The molecule has 2 N–H and O–H groups in total. The number of aromatic hydroxyl groups is 1. The van der Waals surface area contributed by atoms with Crippen molar-refractivity contribution in [2.75, 3.05) is 26.3 Å². The number of phenolic OH excluding ortho intramolecular Hbond substituents is 1. The number of nitrogens with zero attached hydrogens (tertiary/aromatic N) is 1. The molecule has 1 heterocycles. The number of carbonyl (C=O) groups excluding carboxylic acids is 1. The van der Waals surface area contributed by atoms with Gasteiger partial charge < -0.3 is 15.2 Å². The first-order chi connectivity index (χ1) is 13.7. The maximum Gasteiger partial charge on any atom is 0.255 e. The molecule has 3 aromatic carbocycles. The van der Waals surface area contributed by atoms with Crippen LogP contribution in [0.5, 0.6) is 5.75 Å². The van der Waals surface area contributed by atoms with Crippen molar-refractivity contribution in [2.24, 2.45) is 0 Å². The largest absolute Gasteiger partial charge is 0.507 e. The van der Waals surface area contributed by atoms with Crippen molar-refractivity contribution in [1.29, 1.82) is 0 Å². The third kappa shape index (κ3) is 4.01. The van der Waals surface area contributed by atoms with Gasteiger partial charge >= 0.3 is 0 Å². The first-order valence-corrected chi connectivity index (χ1v) is 9.58. The van der Waals surface area contributed by atoms with Crippen LogP contribution in [0.1, 0.15) is 21.5 Å². The van der Waals surface area contributed by atoms with Crippen molar-refractivity contribution in [3.05, 3.63) is 77.4 Å². The van der Waals surface area contributed by atoms with Crippen LogP contribution >= 0.6 is 0 Å². The van der Waals surface area contributed by atoms with E-state index in [4.69, 9.17) is 4.74 Å². The molecule has 28 heavy (non-hydrogen) atoms. The number of ether oxygens (including phenoxy) is 1. The first-order valence-electron chi connectivity index (χ1n) is 9.58. The maximum absolute atomic E-state index is 12.8. The zero-order valence-corrected chi connectivity index (χ0v) is 15.7. The third-order valence-electron chi connectivity index (χ3n) is 5.15. The number of fused-ring (bicyclic) bond motifs is 1. The highest BCUT2D eigenvalue weighted by Gasteiger charge is 2.20. The highest BCUT2D eigenvalue weighted by Crippen LogP contribution is 2.32. The van der Waals surface area contributed by atoms with E-state index in [0.717, 1.165) is 35.0 Å². The van der Waals surface area contributed by atoms with Crippen LogP contribution in [0.3, 0.4) is 0 Å². The molecule has 0 aromatic heterocycles. The van der Waals surface area contributed by atoms with E-state index in [1.807, 2.05) is 54.6 Å². The SMILES string of the molecule is O=C(NCc1ccccc1)c1cc2ccccc2c(CN2CCOCC2)c1O. The van der Waals surface area contributed by atoms with Gasteiger partial charge in [0.2, 0.25) is 0 Å². The van der Waals surface area contributed by atoms with Gasteiger partial charge in [-0.25, -0.2) is 0 Å². The Bertz CT molecular complexity index is 966. The van der Waals surface area contributed by atoms with Crippen molar-refractivity contribution in [1.82, 2.24) is 10.2 Å². The Morgan fingerprint density at radius 1 is 1.04 bits per heavy atom. The van der Waals surface area contributed by atoms with Crippen molar-refractivity contribution in [3.63, 3.8) is 0 Å². The molecule has 0 unspecified atom stereocenters. The summed E-state index contributed by atoms with van der Waals surface area (Å²) in [6.07, 6.45) is 0. The molecule has 1 amide bonds. The Morgan fingerprint density at radius 3 is 2.54 bits per heavy atom. The molecule has 0 aliphatic carbocycles. The van der Waals surface area contributed by atoms with Crippen LogP contribution in [0.15, 0.2) is 60.7 Å². The second kappa shape index (κ2) is 8.42. The number of hydrogen-bond donors (Lipinski definition) is 2. The molecule has 0 spiro atoms. The highest BCUT2D eigenvalue weighted by atomic mass is 16.5. The Kier molecular flexibility index (Phi) is 5.55. The molecule has 0 radical (unpaired) electrons. The summed E-state index contributed by atoms with van der Waals surface area (Å²) in [5.41, 5.74) is 2.13. The molecule has 3 aromatic rings. The van der Waals surface area contributed by atoms with Crippen molar-refractivity contribution < 1.29 is 14.6 Å². The van der Waals surface area contributed by atoms with Gasteiger partial charge in [0.25, 0.3) is 5.91 Å². The second-order valence-electron chi connectivity index (χ2n) is 7.03. The first kappa shape index (κ1) is 18.5. The monoisotopic (exact) mass is 376 g/mol.